The van der Waals surface area contributed by atoms with Crippen molar-refractivity contribution in [3.05, 3.63) is 35.9 Å². The highest BCUT2D eigenvalue weighted by Gasteiger charge is 2.29. The quantitative estimate of drug-likeness (QED) is 0.742. The Kier molecular flexibility index (Phi) is 5.03. The number of fused-ring (bicyclic) bond motifs is 1. The molecule has 0 N–H and O–H groups in total. The van der Waals surface area contributed by atoms with Gasteiger partial charge < -0.3 is 14.4 Å². The van der Waals surface area contributed by atoms with Crippen molar-refractivity contribution in [3.63, 3.8) is 0 Å². The zero-order chi connectivity index (χ0) is 17.9. The van der Waals surface area contributed by atoms with Crippen molar-refractivity contribution in [3.8, 4) is 0 Å². The van der Waals surface area contributed by atoms with Crippen LogP contribution in [0, 0.1) is 5.92 Å². The average molecular weight is 359 g/mol. The summed E-state index contributed by atoms with van der Waals surface area (Å²) in [6.45, 7) is 3.72. The number of carbonyl (C=O) groups excluding carboxylic acids is 1. The summed E-state index contributed by atoms with van der Waals surface area (Å²) in [7, 11) is 1.65. The van der Waals surface area contributed by atoms with Crippen molar-refractivity contribution in [2.75, 3.05) is 26.9 Å². The second-order valence-corrected chi connectivity index (χ2v) is 7.05. The third-order valence-electron chi connectivity index (χ3n) is 4.89. The molecule has 2 aromatic rings. The number of hydrogen-bond donors (Lipinski definition) is 0. The summed E-state index contributed by atoms with van der Waals surface area (Å²) < 4.78 is 14.8. The molecule has 0 unspecified atom stereocenters. The second kappa shape index (κ2) is 7.59. The summed E-state index contributed by atoms with van der Waals surface area (Å²) >= 11 is 0. The van der Waals surface area contributed by atoms with Crippen molar-refractivity contribution >= 4 is 5.91 Å². The van der Waals surface area contributed by atoms with Crippen LogP contribution in [0.25, 0.3) is 0 Å². The van der Waals surface area contributed by atoms with Crippen LogP contribution < -0.4 is 0 Å². The van der Waals surface area contributed by atoms with Gasteiger partial charge in [0.1, 0.15) is 5.69 Å². The fourth-order valence-electron chi connectivity index (χ4n) is 3.18. The molecule has 26 heavy (non-hydrogen) atoms. The summed E-state index contributed by atoms with van der Waals surface area (Å²) in [5.74, 6) is 0.617. The van der Waals surface area contributed by atoms with Gasteiger partial charge in [0, 0.05) is 32.7 Å². The SMILES string of the molecule is COCCn1ccc(C(=O)N2Cc3ccnn3C[C@H](OCC3CC3)C2)n1. The summed E-state index contributed by atoms with van der Waals surface area (Å²) in [6, 6.07) is 3.72. The minimum Gasteiger partial charge on any atom is -0.383 e. The highest BCUT2D eigenvalue weighted by atomic mass is 16.5. The van der Waals surface area contributed by atoms with Gasteiger partial charge in [0.25, 0.3) is 5.91 Å². The number of carbonyl (C=O) groups is 1. The van der Waals surface area contributed by atoms with Gasteiger partial charge in [0.2, 0.25) is 0 Å². The maximum atomic E-state index is 13.0. The predicted octanol–water partition coefficient (Wildman–Crippen LogP) is 1.18. The Labute approximate surface area is 152 Å². The van der Waals surface area contributed by atoms with E-state index in [1.165, 1.54) is 12.8 Å². The Hall–Kier alpha value is -2.19. The van der Waals surface area contributed by atoms with E-state index in [1.54, 1.807) is 24.1 Å². The van der Waals surface area contributed by atoms with Crippen LogP contribution in [-0.2, 0) is 29.1 Å². The maximum Gasteiger partial charge on any atom is 0.274 e. The smallest absolute Gasteiger partial charge is 0.274 e. The lowest BCUT2D eigenvalue weighted by atomic mass is 10.3. The molecule has 0 saturated heterocycles. The molecular formula is C18H25N5O3. The summed E-state index contributed by atoms with van der Waals surface area (Å²) in [5.41, 5.74) is 1.48. The van der Waals surface area contributed by atoms with Gasteiger partial charge in [-0.3, -0.25) is 14.2 Å². The van der Waals surface area contributed by atoms with E-state index in [0.29, 0.717) is 44.4 Å². The Bertz CT molecular complexity index is 752. The van der Waals surface area contributed by atoms with Gasteiger partial charge in [-0.1, -0.05) is 0 Å². The second-order valence-electron chi connectivity index (χ2n) is 7.05. The number of hydrogen-bond acceptors (Lipinski definition) is 5. The number of aromatic nitrogens is 4. The highest BCUT2D eigenvalue weighted by molar-refractivity contribution is 5.92. The standard InChI is InChI=1S/C18H25N5O3/c1-25-9-8-22-7-5-17(20-22)18(24)21-10-15-4-6-19-23(15)12-16(11-21)26-13-14-2-3-14/h4-7,14,16H,2-3,8-13H2,1H3/t16-/m1/s1. The van der Waals surface area contributed by atoms with E-state index in [4.69, 9.17) is 9.47 Å². The fraction of sp³-hybridized carbons (Fsp3) is 0.611. The van der Waals surface area contributed by atoms with Gasteiger partial charge >= 0.3 is 0 Å². The molecule has 8 nitrogen and oxygen atoms in total. The normalized spacial score (nSPS) is 20.0. The number of rotatable bonds is 7. The van der Waals surface area contributed by atoms with Crippen molar-refractivity contribution in [2.45, 2.75) is 38.6 Å². The summed E-state index contributed by atoms with van der Waals surface area (Å²) in [5, 5.41) is 8.77. The van der Waals surface area contributed by atoms with Crippen molar-refractivity contribution in [2.24, 2.45) is 5.92 Å². The molecule has 0 spiro atoms. The maximum absolute atomic E-state index is 13.0. The summed E-state index contributed by atoms with van der Waals surface area (Å²) in [4.78, 5) is 14.8. The number of methoxy groups -OCH3 is 1. The van der Waals surface area contributed by atoms with Crippen LogP contribution in [0.15, 0.2) is 24.5 Å². The Balaban J connectivity index is 1.47. The van der Waals surface area contributed by atoms with Crippen molar-refractivity contribution < 1.29 is 14.3 Å². The third-order valence-corrected chi connectivity index (χ3v) is 4.89. The van der Waals surface area contributed by atoms with Crippen LogP contribution in [0.4, 0.5) is 0 Å². The zero-order valence-electron chi connectivity index (χ0n) is 15.1. The van der Waals surface area contributed by atoms with Crippen LogP contribution >= 0.6 is 0 Å². The van der Waals surface area contributed by atoms with Crippen molar-refractivity contribution in [1.82, 2.24) is 24.5 Å². The van der Waals surface area contributed by atoms with Gasteiger partial charge in [0.15, 0.2) is 0 Å². The molecule has 1 fully saturated rings. The number of amides is 1. The van der Waals surface area contributed by atoms with Gasteiger partial charge in [-0.2, -0.15) is 10.2 Å². The average Bonchev–Trinajstić information content (AvgIpc) is 3.25. The molecule has 0 bridgehead atoms. The predicted molar refractivity (Wildman–Crippen MR) is 93.5 cm³/mol. The van der Waals surface area contributed by atoms with Crippen molar-refractivity contribution in [1.29, 1.82) is 0 Å². The van der Waals surface area contributed by atoms with Crippen LogP contribution in [0.2, 0.25) is 0 Å². The monoisotopic (exact) mass is 359 g/mol. The molecule has 1 saturated carbocycles. The van der Waals surface area contributed by atoms with E-state index >= 15 is 0 Å². The number of ether oxygens (including phenoxy) is 2. The van der Waals surface area contributed by atoms with E-state index in [9.17, 15) is 4.79 Å². The lowest BCUT2D eigenvalue weighted by Gasteiger charge is -2.23. The van der Waals surface area contributed by atoms with E-state index in [2.05, 4.69) is 10.2 Å². The van der Waals surface area contributed by atoms with Crippen LogP contribution in [0.1, 0.15) is 29.0 Å². The van der Waals surface area contributed by atoms with E-state index in [1.807, 2.05) is 21.8 Å². The number of nitrogens with zero attached hydrogens (tertiary/aromatic N) is 5. The van der Waals surface area contributed by atoms with Gasteiger partial charge in [0.05, 0.1) is 38.0 Å². The molecule has 2 aliphatic rings. The van der Waals surface area contributed by atoms with E-state index < -0.39 is 0 Å². The first-order valence-electron chi connectivity index (χ1n) is 9.17. The molecule has 0 aromatic carbocycles. The molecular weight excluding hydrogens is 334 g/mol. The minimum absolute atomic E-state index is 0.0451. The van der Waals surface area contributed by atoms with Gasteiger partial charge in [-0.05, 0) is 30.9 Å². The Morgan fingerprint density at radius 2 is 2.19 bits per heavy atom. The third kappa shape index (κ3) is 3.96. The molecule has 140 valence electrons. The van der Waals surface area contributed by atoms with Crippen LogP contribution in [0.3, 0.4) is 0 Å². The first-order valence-corrected chi connectivity index (χ1v) is 9.17. The first kappa shape index (κ1) is 17.2. The minimum atomic E-state index is -0.0733. The highest BCUT2D eigenvalue weighted by Crippen LogP contribution is 2.29. The molecule has 1 aliphatic carbocycles. The molecule has 3 heterocycles. The Morgan fingerprint density at radius 3 is 3.00 bits per heavy atom. The molecule has 4 rings (SSSR count). The van der Waals surface area contributed by atoms with Gasteiger partial charge in [-0.15, -0.1) is 0 Å². The molecule has 2 aromatic heterocycles. The largest absolute Gasteiger partial charge is 0.383 e. The lowest BCUT2D eigenvalue weighted by molar-refractivity contribution is 0.0135. The molecule has 8 heteroatoms. The Morgan fingerprint density at radius 1 is 1.31 bits per heavy atom. The topological polar surface area (TPSA) is 74.4 Å². The molecule has 1 aliphatic heterocycles. The molecule has 1 amide bonds. The summed E-state index contributed by atoms with van der Waals surface area (Å²) in [6.07, 6.45) is 6.05. The lowest BCUT2D eigenvalue weighted by Crippen LogP contribution is -2.38. The van der Waals surface area contributed by atoms with E-state index in [-0.39, 0.29) is 12.0 Å². The molecule has 1 atom stereocenters. The van der Waals surface area contributed by atoms with Gasteiger partial charge in [-0.25, -0.2) is 0 Å². The molecule has 0 radical (unpaired) electrons. The van der Waals surface area contributed by atoms with Crippen LogP contribution in [0.5, 0.6) is 0 Å². The first-order chi connectivity index (χ1) is 12.7. The van der Waals surface area contributed by atoms with Crippen LogP contribution in [-0.4, -0.2) is 63.3 Å². The zero-order valence-corrected chi connectivity index (χ0v) is 15.1. The van der Waals surface area contributed by atoms with E-state index in [0.717, 1.165) is 12.3 Å². The fourth-order valence-corrected chi connectivity index (χ4v) is 3.18.